The third-order valence-electron chi connectivity index (χ3n) is 5.26. The van der Waals surface area contributed by atoms with Crippen molar-refractivity contribution in [2.75, 3.05) is 26.2 Å². The van der Waals surface area contributed by atoms with Gasteiger partial charge in [0, 0.05) is 32.6 Å². The molecule has 27 heavy (non-hydrogen) atoms. The van der Waals surface area contributed by atoms with E-state index in [9.17, 15) is 27.9 Å². The lowest BCUT2D eigenvalue weighted by Crippen LogP contribution is -2.52. The maximum atomic E-state index is 12.6. The first kappa shape index (κ1) is 19.4. The monoisotopic (exact) mass is 399 g/mol. The molecule has 11 heteroatoms. The van der Waals surface area contributed by atoms with Crippen LogP contribution < -0.4 is 5.73 Å². The molecular formula is C16H21N3O7S. The summed E-state index contributed by atoms with van der Waals surface area (Å²) in [6, 6.07) is 2.36. The standard InChI is InChI=1S/C16H21N3O7S/c17-14(21)11-2-3-13(26-11)27(24,25)19-8-6-18(7-9-19)12(20)10-16(15(22)23)4-1-5-16/h2-3H,1,4-10H2,(H2,17,21)(H,22,23). The molecule has 1 saturated carbocycles. The summed E-state index contributed by atoms with van der Waals surface area (Å²) >= 11 is 0. The second kappa shape index (κ2) is 6.97. The van der Waals surface area contributed by atoms with Crippen LogP contribution in [0.2, 0.25) is 0 Å². The van der Waals surface area contributed by atoms with Crippen molar-refractivity contribution in [3.05, 3.63) is 17.9 Å². The number of carboxylic acids is 1. The molecule has 0 bridgehead atoms. The van der Waals surface area contributed by atoms with Crippen LogP contribution in [-0.2, 0) is 19.6 Å². The number of nitrogens with two attached hydrogens (primary N) is 1. The van der Waals surface area contributed by atoms with E-state index in [0.29, 0.717) is 12.8 Å². The lowest BCUT2D eigenvalue weighted by molar-refractivity contribution is -0.159. The molecule has 1 aliphatic carbocycles. The van der Waals surface area contributed by atoms with E-state index < -0.39 is 27.3 Å². The van der Waals surface area contributed by atoms with E-state index in [2.05, 4.69) is 0 Å². The predicted octanol–water partition coefficient (Wildman–Crippen LogP) is -0.144. The van der Waals surface area contributed by atoms with Gasteiger partial charge < -0.3 is 20.2 Å². The van der Waals surface area contributed by atoms with Crippen LogP contribution in [0.5, 0.6) is 0 Å². The number of piperazine rings is 1. The van der Waals surface area contributed by atoms with E-state index in [0.717, 1.165) is 10.7 Å². The second-order valence-corrected chi connectivity index (χ2v) is 8.75. The molecule has 2 amide bonds. The highest BCUT2D eigenvalue weighted by Crippen LogP contribution is 2.44. The van der Waals surface area contributed by atoms with Crippen LogP contribution in [-0.4, -0.2) is 66.7 Å². The van der Waals surface area contributed by atoms with Crippen molar-refractivity contribution in [1.82, 2.24) is 9.21 Å². The molecule has 0 atom stereocenters. The molecule has 2 fully saturated rings. The SMILES string of the molecule is NC(=O)c1ccc(S(=O)(=O)N2CCN(C(=O)CC3(C(=O)O)CCC3)CC2)o1. The average Bonchev–Trinajstić information content (AvgIpc) is 3.09. The van der Waals surface area contributed by atoms with E-state index in [1.807, 2.05) is 0 Å². The Morgan fingerprint density at radius 3 is 2.22 bits per heavy atom. The minimum Gasteiger partial charge on any atom is -0.481 e. The topological polar surface area (TPSA) is 151 Å². The zero-order valence-electron chi connectivity index (χ0n) is 14.6. The first-order valence-electron chi connectivity index (χ1n) is 8.57. The Labute approximate surface area is 155 Å². The summed E-state index contributed by atoms with van der Waals surface area (Å²) in [5, 5.41) is 8.97. The molecular weight excluding hydrogens is 378 g/mol. The van der Waals surface area contributed by atoms with Gasteiger partial charge in [-0.1, -0.05) is 6.42 Å². The third-order valence-corrected chi connectivity index (χ3v) is 7.04. The second-order valence-electron chi connectivity index (χ2n) is 6.88. The lowest BCUT2D eigenvalue weighted by atomic mass is 9.66. The molecule has 10 nitrogen and oxygen atoms in total. The normalized spacial score (nSPS) is 20.1. The van der Waals surface area contributed by atoms with Crippen LogP contribution in [0.25, 0.3) is 0 Å². The minimum absolute atomic E-state index is 0.0563. The Kier molecular flexibility index (Phi) is 5.00. The highest BCUT2D eigenvalue weighted by Gasteiger charge is 2.47. The van der Waals surface area contributed by atoms with Crippen molar-refractivity contribution in [3.8, 4) is 0 Å². The lowest BCUT2D eigenvalue weighted by Gasteiger charge is -2.40. The third kappa shape index (κ3) is 3.56. The van der Waals surface area contributed by atoms with Crippen molar-refractivity contribution >= 4 is 27.8 Å². The number of hydrogen-bond acceptors (Lipinski definition) is 6. The summed E-state index contributed by atoms with van der Waals surface area (Å²) in [5.41, 5.74) is 4.09. The van der Waals surface area contributed by atoms with Gasteiger partial charge in [-0.15, -0.1) is 0 Å². The summed E-state index contributed by atoms with van der Waals surface area (Å²) in [6.07, 6.45) is 1.71. The molecule has 0 radical (unpaired) electrons. The zero-order valence-corrected chi connectivity index (χ0v) is 15.4. The molecule has 2 aliphatic rings. The van der Waals surface area contributed by atoms with E-state index in [1.54, 1.807) is 0 Å². The summed E-state index contributed by atoms with van der Waals surface area (Å²) in [5.74, 6) is -2.34. The maximum Gasteiger partial charge on any atom is 0.310 e. The molecule has 1 saturated heterocycles. The van der Waals surface area contributed by atoms with E-state index >= 15 is 0 Å². The number of furan rings is 1. The Balaban J connectivity index is 1.61. The molecule has 0 spiro atoms. The van der Waals surface area contributed by atoms with Gasteiger partial charge in [-0.25, -0.2) is 8.42 Å². The molecule has 1 aromatic heterocycles. The number of primary amides is 1. The molecule has 0 unspecified atom stereocenters. The van der Waals surface area contributed by atoms with Gasteiger partial charge in [-0.2, -0.15) is 4.31 Å². The van der Waals surface area contributed by atoms with Crippen LogP contribution in [0, 0.1) is 5.41 Å². The highest BCUT2D eigenvalue weighted by molar-refractivity contribution is 7.89. The Bertz CT molecular complexity index is 864. The number of carboxylic acid groups (broad SMARTS) is 1. The molecule has 148 valence electrons. The van der Waals surface area contributed by atoms with Gasteiger partial charge >= 0.3 is 5.97 Å². The number of carbonyl (C=O) groups is 3. The Morgan fingerprint density at radius 2 is 1.78 bits per heavy atom. The summed E-state index contributed by atoms with van der Waals surface area (Å²) < 4.78 is 31.3. The van der Waals surface area contributed by atoms with Crippen LogP contribution in [0.1, 0.15) is 36.2 Å². The predicted molar refractivity (Wildman–Crippen MR) is 91.1 cm³/mol. The Hall–Kier alpha value is -2.40. The summed E-state index contributed by atoms with van der Waals surface area (Å²) in [4.78, 5) is 36.4. The van der Waals surface area contributed by atoms with Crippen molar-refractivity contribution in [3.63, 3.8) is 0 Å². The van der Waals surface area contributed by atoms with Gasteiger partial charge in [0.2, 0.25) is 11.0 Å². The number of amides is 2. The average molecular weight is 399 g/mol. The van der Waals surface area contributed by atoms with E-state index in [4.69, 9.17) is 10.2 Å². The van der Waals surface area contributed by atoms with Gasteiger partial charge in [-0.3, -0.25) is 14.4 Å². The van der Waals surface area contributed by atoms with Gasteiger partial charge in [-0.05, 0) is 25.0 Å². The van der Waals surface area contributed by atoms with Gasteiger partial charge in [0.05, 0.1) is 5.41 Å². The molecule has 0 aromatic carbocycles. The van der Waals surface area contributed by atoms with Crippen LogP contribution in [0.15, 0.2) is 21.6 Å². The van der Waals surface area contributed by atoms with Crippen LogP contribution in [0.3, 0.4) is 0 Å². The number of carbonyl (C=O) groups excluding carboxylic acids is 2. The fourth-order valence-electron chi connectivity index (χ4n) is 3.37. The molecule has 1 aromatic rings. The summed E-state index contributed by atoms with van der Waals surface area (Å²) in [6.45, 7) is 0.440. The van der Waals surface area contributed by atoms with E-state index in [1.165, 1.54) is 17.0 Å². The Morgan fingerprint density at radius 1 is 1.15 bits per heavy atom. The molecule has 3 N–H and O–H groups in total. The smallest absolute Gasteiger partial charge is 0.310 e. The fraction of sp³-hybridized carbons (Fsp3) is 0.562. The first-order chi connectivity index (χ1) is 12.7. The first-order valence-corrected chi connectivity index (χ1v) is 10.0. The van der Waals surface area contributed by atoms with Crippen LogP contribution in [0.4, 0.5) is 0 Å². The van der Waals surface area contributed by atoms with Crippen LogP contribution >= 0.6 is 0 Å². The summed E-state index contributed by atoms with van der Waals surface area (Å²) in [7, 11) is -3.94. The highest BCUT2D eigenvalue weighted by atomic mass is 32.2. The number of hydrogen-bond donors (Lipinski definition) is 2. The quantitative estimate of drug-likeness (QED) is 0.675. The fourth-order valence-corrected chi connectivity index (χ4v) is 4.70. The van der Waals surface area contributed by atoms with E-state index in [-0.39, 0.29) is 49.4 Å². The van der Waals surface area contributed by atoms with Gasteiger partial charge in [0.15, 0.2) is 5.76 Å². The number of rotatable bonds is 6. The van der Waals surface area contributed by atoms with Gasteiger partial charge in [0.25, 0.3) is 15.9 Å². The minimum atomic E-state index is -3.94. The van der Waals surface area contributed by atoms with Crippen molar-refractivity contribution in [1.29, 1.82) is 0 Å². The van der Waals surface area contributed by atoms with Crippen molar-refractivity contribution in [2.24, 2.45) is 11.1 Å². The molecule has 1 aliphatic heterocycles. The number of sulfonamides is 1. The number of aliphatic carboxylic acids is 1. The zero-order chi connectivity index (χ0) is 19.8. The maximum absolute atomic E-state index is 12.6. The molecule has 2 heterocycles. The van der Waals surface area contributed by atoms with Crippen molar-refractivity contribution in [2.45, 2.75) is 30.8 Å². The van der Waals surface area contributed by atoms with Crippen molar-refractivity contribution < 1.29 is 32.3 Å². The molecule has 3 rings (SSSR count). The largest absolute Gasteiger partial charge is 0.481 e. The number of nitrogens with zero attached hydrogens (tertiary/aromatic N) is 2. The van der Waals surface area contributed by atoms with Gasteiger partial charge in [0.1, 0.15) is 0 Å².